The molecule has 1 aliphatic rings. The fraction of sp³-hybridized carbons (Fsp3) is 0.588. The molecule has 1 heterocycles. The predicted octanol–water partition coefficient (Wildman–Crippen LogP) is 3.22. The van der Waals surface area contributed by atoms with Crippen molar-refractivity contribution in [3.05, 3.63) is 24.3 Å². The Hall–Kier alpha value is -0.750. The van der Waals surface area contributed by atoms with Crippen LogP contribution in [0.3, 0.4) is 0 Å². The quantitative estimate of drug-likeness (QED) is 0.812. The number of hydrogen-bond donors (Lipinski definition) is 2. The van der Waals surface area contributed by atoms with Gasteiger partial charge in [-0.25, -0.2) is 0 Å². The first-order valence-electron chi connectivity index (χ1n) is 7.78. The van der Waals surface area contributed by atoms with Gasteiger partial charge in [-0.15, -0.1) is 24.2 Å². The topological polar surface area (TPSA) is 58.4 Å². The van der Waals surface area contributed by atoms with Crippen LogP contribution in [0.5, 0.6) is 0 Å². The molecule has 1 aromatic carbocycles. The van der Waals surface area contributed by atoms with Crippen molar-refractivity contribution in [1.29, 1.82) is 0 Å². The van der Waals surface area contributed by atoms with Gasteiger partial charge in [0.1, 0.15) is 0 Å². The Labute approximate surface area is 150 Å². The second kappa shape index (κ2) is 8.38. The van der Waals surface area contributed by atoms with Crippen LogP contribution in [0.2, 0.25) is 0 Å². The highest BCUT2D eigenvalue weighted by Gasteiger charge is 2.36. The van der Waals surface area contributed by atoms with E-state index in [1.807, 2.05) is 37.4 Å². The van der Waals surface area contributed by atoms with Gasteiger partial charge < -0.3 is 11.1 Å². The van der Waals surface area contributed by atoms with Gasteiger partial charge in [0.25, 0.3) is 0 Å². The maximum absolute atomic E-state index is 12.5. The summed E-state index contributed by atoms with van der Waals surface area (Å²) in [5.74, 6) is 0.0446. The average molecular weight is 358 g/mol. The lowest BCUT2D eigenvalue weighted by Crippen LogP contribution is -2.56. The van der Waals surface area contributed by atoms with Gasteiger partial charge in [-0.3, -0.25) is 9.69 Å². The van der Waals surface area contributed by atoms with E-state index in [2.05, 4.69) is 24.1 Å². The van der Waals surface area contributed by atoms with Crippen molar-refractivity contribution in [2.75, 3.05) is 24.7 Å². The van der Waals surface area contributed by atoms with E-state index in [1.54, 1.807) is 11.8 Å². The zero-order chi connectivity index (χ0) is 16.3. The van der Waals surface area contributed by atoms with Crippen LogP contribution in [0.15, 0.2) is 29.2 Å². The Morgan fingerprint density at radius 2 is 2.00 bits per heavy atom. The van der Waals surface area contributed by atoms with Crippen LogP contribution < -0.4 is 11.1 Å². The van der Waals surface area contributed by atoms with Gasteiger partial charge in [-0.05, 0) is 49.3 Å². The number of thioether (sulfide) groups is 1. The first-order chi connectivity index (χ1) is 10.3. The van der Waals surface area contributed by atoms with Crippen LogP contribution in [0, 0.1) is 5.41 Å². The zero-order valence-corrected chi connectivity index (χ0v) is 16.0. The molecular weight excluding hydrogens is 330 g/mol. The molecule has 130 valence electrons. The number of likely N-dealkylation sites (tertiary alicyclic amines) is 1. The van der Waals surface area contributed by atoms with Crippen LogP contribution in [0.25, 0.3) is 0 Å². The lowest BCUT2D eigenvalue weighted by Gasteiger charge is -2.44. The highest BCUT2D eigenvalue weighted by Crippen LogP contribution is 2.29. The largest absolute Gasteiger partial charge is 0.327 e. The molecule has 0 radical (unpaired) electrons. The van der Waals surface area contributed by atoms with Gasteiger partial charge >= 0.3 is 0 Å². The number of anilines is 1. The Morgan fingerprint density at radius 3 is 2.52 bits per heavy atom. The number of nitrogens with two attached hydrogens (primary N) is 1. The molecule has 4 nitrogen and oxygen atoms in total. The number of halogens is 1. The predicted molar refractivity (Wildman–Crippen MR) is 102 cm³/mol. The number of carbonyl (C=O) groups excluding carboxylic acids is 1. The molecule has 2 atom stereocenters. The average Bonchev–Trinajstić information content (AvgIpc) is 2.50. The third-order valence-corrected chi connectivity index (χ3v) is 5.37. The van der Waals surface area contributed by atoms with Crippen LogP contribution in [0.4, 0.5) is 5.69 Å². The van der Waals surface area contributed by atoms with E-state index >= 15 is 0 Å². The fourth-order valence-electron chi connectivity index (χ4n) is 2.83. The molecule has 0 saturated carbocycles. The molecular formula is C17H28ClN3OS. The SMILES string of the molecule is CSc1ccc(NC(=O)C(C)N2CCC(N)C(C)(C)C2)cc1.Cl. The minimum absolute atomic E-state index is 0. The van der Waals surface area contributed by atoms with Crippen molar-refractivity contribution in [2.24, 2.45) is 11.1 Å². The van der Waals surface area contributed by atoms with Gasteiger partial charge in [0.15, 0.2) is 0 Å². The van der Waals surface area contributed by atoms with Crippen molar-refractivity contribution in [2.45, 2.75) is 44.2 Å². The van der Waals surface area contributed by atoms with Crippen LogP contribution in [0.1, 0.15) is 27.2 Å². The van der Waals surface area contributed by atoms with Crippen LogP contribution in [-0.2, 0) is 4.79 Å². The van der Waals surface area contributed by atoms with Crippen LogP contribution >= 0.6 is 24.2 Å². The van der Waals surface area contributed by atoms with Gasteiger partial charge in [0.05, 0.1) is 6.04 Å². The third-order valence-electron chi connectivity index (χ3n) is 4.63. The summed E-state index contributed by atoms with van der Waals surface area (Å²) in [5, 5.41) is 3.01. The summed E-state index contributed by atoms with van der Waals surface area (Å²) in [6, 6.07) is 8.01. The van der Waals surface area contributed by atoms with Crippen molar-refractivity contribution < 1.29 is 4.79 Å². The normalized spacial score (nSPS) is 22.0. The number of rotatable bonds is 4. The second-order valence-electron chi connectivity index (χ2n) is 6.75. The van der Waals surface area contributed by atoms with Gasteiger partial charge in [-0.2, -0.15) is 0 Å². The van der Waals surface area contributed by atoms with Crippen molar-refractivity contribution >= 4 is 35.8 Å². The highest BCUT2D eigenvalue weighted by atomic mass is 35.5. The van der Waals surface area contributed by atoms with Crippen LogP contribution in [-0.4, -0.2) is 42.2 Å². The van der Waals surface area contributed by atoms with Gasteiger partial charge in [0, 0.05) is 29.7 Å². The van der Waals surface area contributed by atoms with Crippen molar-refractivity contribution in [1.82, 2.24) is 4.90 Å². The van der Waals surface area contributed by atoms with Gasteiger partial charge in [0.2, 0.25) is 5.91 Å². The first-order valence-corrected chi connectivity index (χ1v) is 9.00. The third kappa shape index (κ3) is 5.11. The van der Waals surface area contributed by atoms with Gasteiger partial charge in [-0.1, -0.05) is 13.8 Å². The maximum Gasteiger partial charge on any atom is 0.241 e. The Morgan fingerprint density at radius 1 is 1.39 bits per heavy atom. The lowest BCUT2D eigenvalue weighted by molar-refractivity contribution is -0.122. The summed E-state index contributed by atoms with van der Waals surface area (Å²) in [6.07, 6.45) is 2.98. The van der Waals surface area contributed by atoms with E-state index in [4.69, 9.17) is 5.73 Å². The number of hydrogen-bond acceptors (Lipinski definition) is 4. The molecule has 0 aliphatic carbocycles. The molecule has 2 rings (SSSR count). The molecule has 1 saturated heterocycles. The smallest absolute Gasteiger partial charge is 0.241 e. The molecule has 1 fully saturated rings. The van der Waals surface area contributed by atoms with E-state index in [0.29, 0.717) is 0 Å². The summed E-state index contributed by atoms with van der Waals surface area (Å²) in [6.45, 7) is 8.06. The number of amides is 1. The number of nitrogens with zero attached hydrogens (tertiary/aromatic N) is 1. The molecule has 0 spiro atoms. The fourth-order valence-corrected chi connectivity index (χ4v) is 3.24. The number of nitrogens with one attached hydrogen (secondary N) is 1. The number of benzene rings is 1. The molecule has 3 N–H and O–H groups in total. The molecule has 0 aromatic heterocycles. The summed E-state index contributed by atoms with van der Waals surface area (Å²) in [7, 11) is 0. The van der Waals surface area contributed by atoms with Crippen molar-refractivity contribution in [3.63, 3.8) is 0 Å². The number of piperidine rings is 1. The van der Waals surface area contributed by atoms with E-state index in [9.17, 15) is 4.79 Å². The van der Waals surface area contributed by atoms with E-state index in [1.165, 1.54) is 4.90 Å². The Kier molecular flexibility index (Phi) is 7.39. The molecule has 2 unspecified atom stereocenters. The maximum atomic E-state index is 12.5. The summed E-state index contributed by atoms with van der Waals surface area (Å²) < 4.78 is 0. The van der Waals surface area contributed by atoms with Crippen molar-refractivity contribution in [3.8, 4) is 0 Å². The number of carbonyl (C=O) groups is 1. The molecule has 1 aliphatic heterocycles. The molecule has 1 aromatic rings. The molecule has 1 amide bonds. The summed E-state index contributed by atoms with van der Waals surface area (Å²) >= 11 is 1.69. The summed E-state index contributed by atoms with van der Waals surface area (Å²) in [5.41, 5.74) is 7.07. The molecule has 23 heavy (non-hydrogen) atoms. The van der Waals surface area contributed by atoms with E-state index < -0.39 is 0 Å². The highest BCUT2D eigenvalue weighted by molar-refractivity contribution is 7.98. The van der Waals surface area contributed by atoms with E-state index in [-0.39, 0.29) is 35.8 Å². The molecule has 0 bridgehead atoms. The monoisotopic (exact) mass is 357 g/mol. The minimum atomic E-state index is -0.146. The second-order valence-corrected chi connectivity index (χ2v) is 7.63. The Bertz CT molecular complexity index is 521. The zero-order valence-electron chi connectivity index (χ0n) is 14.3. The summed E-state index contributed by atoms with van der Waals surface area (Å²) in [4.78, 5) is 15.9. The van der Waals surface area contributed by atoms with E-state index in [0.717, 1.165) is 25.2 Å². The minimum Gasteiger partial charge on any atom is -0.327 e. The molecule has 6 heteroatoms. The Balaban J connectivity index is 0.00000264. The first kappa shape index (κ1) is 20.3. The standard InChI is InChI=1S/C17H27N3OS.ClH/c1-12(20-10-9-15(18)17(2,3)11-20)16(21)19-13-5-7-14(22-4)8-6-13;/h5-8,12,15H,9-11,18H2,1-4H3,(H,19,21);1H. The lowest BCUT2D eigenvalue weighted by atomic mass is 9.79.